The number of sulfonamides is 1. The molecule has 0 fully saturated rings. The van der Waals surface area contributed by atoms with Crippen LogP contribution in [0.1, 0.15) is 15.7 Å². The first kappa shape index (κ1) is 19.2. The molecule has 0 saturated heterocycles. The van der Waals surface area contributed by atoms with Crippen molar-refractivity contribution in [3.8, 4) is 0 Å². The van der Waals surface area contributed by atoms with E-state index in [4.69, 9.17) is 0 Å². The number of aromatic nitrogens is 1. The number of thiophene rings is 2. The second-order valence-electron chi connectivity index (χ2n) is 5.47. The lowest BCUT2D eigenvalue weighted by molar-refractivity contribution is 0.570. The predicted octanol–water partition coefficient (Wildman–Crippen LogP) is 3.01. The van der Waals surface area contributed by atoms with Crippen molar-refractivity contribution in [1.29, 1.82) is 0 Å². The fourth-order valence-corrected chi connectivity index (χ4v) is 7.68. The summed E-state index contributed by atoms with van der Waals surface area (Å²) in [7, 11) is -7.54. The minimum Gasteiger partial charge on any atom is -0.264 e. The number of hydrogen-bond acceptors (Lipinski definition) is 7. The van der Waals surface area contributed by atoms with Gasteiger partial charge in [0.1, 0.15) is 13.7 Å². The molecule has 0 radical (unpaired) electrons. The standard InChI is InChI=1S/C16H16N2O4S4/c1-12-6-7-16(24-12)26(21,22)18-11-14(13-4-2-8-17-10-13)25(19,20)15-5-3-9-23-15/h2-10,14,18H,11H2,1H3/t14-/m1/s1. The Morgan fingerprint density at radius 1 is 1.08 bits per heavy atom. The Balaban J connectivity index is 1.93. The van der Waals surface area contributed by atoms with E-state index in [9.17, 15) is 16.8 Å². The Morgan fingerprint density at radius 2 is 1.88 bits per heavy atom. The number of pyridine rings is 1. The van der Waals surface area contributed by atoms with Crippen LogP contribution in [0.4, 0.5) is 0 Å². The van der Waals surface area contributed by atoms with Crippen LogP contribution >= 0.6 is 22.7 Å². The zero-order chi connectivity index (χ0) is 18.8. The smallest absolute Gasteiger partial charge is 0.250 e. The molecular weight excluding hydrogens is 412 g/mol. The third kappa shape index (κ3) is 4.04. The van der Waals surface area contributed by atoms with Gasteiger partial charge in [-0.1, -0.05) is 12.1 Å². The molecule has 0 spiro atoms. The lowest BCUT2D eigenvalue weighted by atomic mass is 10.2. The molecule has 6 nitrogen and oxygen atoms in total. The third-order valence-electron chi connectivity index (χ3n) is 3.65. The number of aryl methyl sites for hydroxylation is 1. The summed E-state index contributed by atoms with van der Waals surface area (Å²) in [5.74, 6) is 0. The summed E-state index contributed by atoms with van der Waals surface area (Å²) in [6.45, 7) is 1.54. The Hall–Kier alpha value is -1.59. The molecule has 3 aromatic heterocycles. The van der Waals surface area contributed by atoms with Gasteiger partial charge in [-0.2, -0.15) is 0 Å². The van der Waals surface area contributed by atoms with Crippen LogP contribution in [0.2, 0.25) is 0 Å². The van der Waals surface area contributed by atoms with Gasteiger partial charge >= 0.3 is 0 Å². The van der Waals surface area contributed by atoms with Crippen molar-refractivity contribution in [3.05, 3.63) is 64.6 Å². The highest BCUT2D eigenvalue weighted by molar-refractivity contribution is 7.94. The molecule has 3 aromatic rings. The fraction of sp³-hybridized carbons (Fsp3) is 0.188. The van der Waals surface area contributed by atoms with Crippen molar-refractivity contribution < 1.29 is 16.8 Å². The van der Waals surface area contributed by atoms with Gasteiger partial charge in [0.2, 0.25) is 10.0 Å². The molecule has 26 heavy (non-hydrogen) atoms. The molecule has 3 rings (SSSR count). The predicted molar refractivity (Wildman–Crippen MR) is 103 cm³/mol. The van der Waals surface area contributed by atoms with E-state index in [0.29, 0.717) is 5.56 Å². The highest BCUT2D eigenvalue weighted by atomic mass is 32.2. The Kier molecular flexibility index (Phi) is 5.58. The fourth-order valence-electron chi connectivity index (χ4n) is 2.35. The summed E-state index contributed by atoms with van der Waals surface area (Å²) >= 11 is 2.24. The SMILES string of the molecule is Cc1ccc(S(=O)(=O)NC[C@H](c2cccnc2)S(=O)(=O)c2cccs2)s1. The van der Waals surface area contributed by atoms with E-state index in [1.165, 1.54) is 24.5 Å². The van der Waals surface area contributed by atoms with Crippen LogP contribution in [-0.4, -0.2) is 28.4 Å². The van der Waals surface area contributed by atoms with Crippen LogP contribution in [0.5, 0.6) is 0 Å². The maximum absolute atomic E-state index is 13.0. The summed E-state index contributed by atoms with van der Waals surface area (Å²) in [5.41, 5.74) is 0.436. The van der Waals surface area contributed by atoms with E-state index in [1.807, 2.05) is 6.92 Å². The van der Waals surface area contributed by atoms with E-state index in [1.54, 1.807) is 29.6 Å². The summed E-state index contributed by atoms with van der Waals surface area (Å²) in [6, 6.07) is 9.64. The molecule has 138 valence electrons. The minimum atomic E-state index is -3.78. The minimum absolute atomic E-state index is 0.161. The van der Waals surface area contributed by atoms with Crippen LogP contribution in [0.3, 0.4) is 0 Å². The molecule has 0 aliphatic carbocycles. The molecule has 0 saturated carbocycles. The average molecular weight is 429 g/mol. The van der Waals surface area contributed by atoms with E-state index < -0.39 is 25.1 Å². The molecular formula is C16H16N2O4S4. The second kappa shape index (κ2) is 7.57. The van der Waals surface area contributed by atoms with Gasteiger partial charge in [0.25, 0.3) is 0 Å². The molecule has 0 aromatic carbocycles. The quantitative estimate of drug-likeness (QED) is 0.624. The molecule has 0 unspecified atom stereocenters. The summed E-state index contributed by atoms with van der Waals surface area (Å²) in [5, 5.41) is 0.608. The normalized spacial score (nSPS) is 13.6. The second-order valence-corrected chi connectivity index (χ2v) is 12.1. The summed E-state index contributed by atoms with van der Waals surface area (Å²) < 4.78 is 53.8. The van der Waals surface area contributed by atoms with Gasteiger partial charge in [0, 0.05) is 23.8 Å². The van der Waals surface area contributed by atoms with E-state index in [-0.39, 0.29) is 15.0 Å². The summed E-state index contributed by atoms with van der Waals surface area (Å²) in [4.78, 5) is 4.83. The van der Waals surface area contributed by atoms with Gasteiger partial charge in [-0.3, -0.25) is 4.98 Å². The van der Waals surface area contributed by atoms with E-state index in [2.05, 4.69) is 9.71 Å². The van der Waals surface area contributed by atoms with Gasteiger partial charge in [0.15, 0.2) is 9.84 Å². The van der Waals surface area contributed by atoms with Crippen molar-refractivity contribution in [2.45, 2.75) is 20.6 Å². The topological polar surface area (TPSA) is 93.2 Å². The van der Waals surface area contributed by atoms with E-state index >= 15 is 0 Å². The highest BCUT2D eigenvalue weighted by Crippen LogP contribution is 2.31. The number of rotatable bonds is 7. The van der Waals surface area contributed by atoms with Gasteiger partial charge in [-0.25, -0.2) is 21.6 Å². The molecule has 10 heteroatoms. The molecule has 1 N–H and O–H groups in total. The lowest BCUT2D eigenvalue weighted by Crippen LogP contribution is -2.31. The number of nitrogens with zero attached hydrogens (tertiary/aromatic N) is 1. The van der Waals surface area contributed by atoms with Crippen LogP contribution in [0.15, 0.2) is 62.6 Å². The van der Waals surface area contributed by atoms with Crippen LogP contribution in [0, 0.1) is 6.92 Å². The molecule has 0 aliphatic rings. The molecule has 0 bridgehead atoms. The lowest BCUT2D eigenvalue weighted by Gasteiger charge is -2.17. The molecule has 0 amide bonds. The maximum atomic E-state index is 13.0. The van der Waals surface area contributed by atoms with Crippen molar-refractivity contribution >= 4 is 42.5 Å². The van der Waals surface area contributed by atoms with Gasteiger partial charge < -0.3 is 0 Å². The largest absolute Gasteiger partial charge is 0.264 e. The number of hydrogen-bond donors (Lipinski definition) is 1. The Labute approximate surface area is 160 Å². The van der Waals surface area contributed by atoms with Gasteiger partial charge in [-0.05, 0) is 42.1 Å². The zero-order valence-corrected chi connectivity index (χ0v) is 17.0. The molecule has 1 atom stereocenters. The number of nitrogens with one attached hydrogen (secondary N) is 1. The first-order valence-electron chi connectivity index (χ1n) is 7.54. The third-order valence-corrected chi connectivity index (χ3v) is 10.1. The molecule has 0 aliphatic heterocycles. The van der Waals surface area contributed by atoms with Crippen molar-refractivity contribution in [3.63, 3.8) is 0 Å². The zero-order valence-electron chi connectivity index (χ0n) is 13.7. The first-order valence-corrected chi connectivity index (χ1v) is 12.3. The van der Waals surface area contributed by atoms with Crippen LogP contribution < -0.4 is 4.72 Å². The van der Waals surface area contributed by atoms with Gasteiger partial charge in [0.05, 0.1) is 0 Å². The monoisotopic (exact) mass is 428 g/mol. The van der Waals surface area contributed by atoms with Crippen LogP contribution in [-0.2, 0) is 19.9 Å². The maximum Gasteiger partial charge on any atom is 0.250 e. The van der Waals surface area contributed by atoms with Crippen molar-refractivity contribution in [2.24, 2.45) is 0 Å². The van der Waals surface area contributed by atoms with Crippen LogP contribution in [0.25, 0.3) is 0 Å². The average Bonchev–Trinajstić information content (AvgIpc) is 3.27. The Bertz CT molecular complexity index is 1070. The van der Waals surface area contributed by atoms with Crippen molar-refractivity contribution in [2.75, 3.05) is 6.54 Å². The first-order chi connectivity index (χ1) is 12.3. The Morgan fingerprint density at radius 3 is 2.46 bits per heavy atom. The van der Waals surface area contributed by atoms with Crippen molar-refractivity contribution in [1.82, 2.24) is 9.71 Å². The molecule has 3 heterocycles. The van der Waals surface area contributed by atoms with E-state index in [0.717, 1.165) is 27.6 Å². The van der Waals surface area contributed by atoms with Gasteiger partial charge in [-0.15, -0.1) is 22.7 Å². The highest BCUT2D eigenvalue weighted by Gasteiger charge is 2.32. The number of sulfone groups is 1. The summed E-state index contributed by atoms with van der Waals surface area (Å²) in [6.07, 6.45) is 2.98.